The van der Waals surface area contributed by atoms with E-state index >= 15 is 0 Å². The van der Waals surface area contributed by atoms with Gasteiger partial charge in [-0.1, -0.05) is 33.1 Å². The molecule has 1 aromatic carbocycles. The number of benzene rings is 1. The average Bonchev–Trinajstić information content (AvgIpc) is 2.20. The van der Waals surface area contributed by atoms with Gasteiger partial charge in [-0.25, -0.2) is 0 Å². The van der Waals surface area contributed by atoms with Gasteiger partial charge in [-0.15, -0.1) is 11.1 Å². The first-order chi connectivity index (χ1) is 5.93. The fraction of sp³-hybridized carbons (Fsp3) is 0.538. The van der Waals surface area contributed by atoms with E-state index in [1.54, 1.807) is 0 Å². The van der Waals surface area contributed by atoms with Crippen LogP contribution < -0.4 is 18.9 Å². The van der Waals surface area contributed by atoms with E-state index in [0.29, 0.717) is 10.8 Å². The maximum absolute atomic E-state index is 3.19. The van der Waals surface area contributed by atoms with Crippen molar-refractivity contribution in [2.24, 2.45) is 0 Å². The third-order valence-corrected chi connectivity index (χ3v) is 3.21. The molecule has 0 unspecified atom stereocenters. The van der Waals surface area contributed by atoms with Gasteiger partial charge in [0.25, 0.3) is 0 Å². The summed E-state index contributed by atoms with van der Waals surface area (Å²) in [6, 6.07) is 9.60. The van der Waals surface area contributed by atoms with Crippen LogP contribution in [0.5, 0.6) is 0 Å². The second-order valence-corrected chi connectivity index (χ2v) is 5.42. The standard InChI is InChI=1S/C13H17.Li/c1-12(2)9-13(3,4)11-8-6-5-7-10(11)12;/h5,7-8H,9H2,1-4H3;/q-1;+1. The van der Waals surface area contributed by atoms with Crippen LogP contribution in [0.25, 0.3) is 0 Å². The van der Waals surface area contributed by atoms with Gasteiger partial charge in [0.05, 0.1) is 0 Å². The van der Waals surface area contributed by atoms with Crippen LogP contribution in [-0.4, -0.2) is 0 Å². The molecular weight excluding hydrogens is 163 g/mol. The predicted molar refractivity (Wildman–Crippen MR) is 55.9 cm³/mol. The minimum absolute atomic E-state index is 0. The Morgan fingerprint density at radius 3 is 2.21 bits per heavy atom. The Bertz CT molecular complexity index is 304. The van der Waals surface area contributed by atoms with Gasteiger partial charge in [-0.3, -0.25) is 0 Å². The third kappa shape index (κ3) is 1.67. The molecule has 70 valence electrons. The first-order valence-electron chi connectivity index (χ1n) is 4.95. The molecule has 1 heteroatoms. The number of hydrogen-bond acceptors (Lipinski definition) is 0. The van der Waals surface area contributed by atoms with Gasteiger partial charge in [-0.05, 0) is 11.8 Å². The number of hydrogen-bond donors (Lipinski definition) is 0. The van der Waals surface area contributed by atoms with E-state index in [-0.39, 0.29) is 18.9 Å². The van der Waals surface area contributed by atoms with Crippen LogP contribution in [0.15, 0.2) is 18.2 Å². The summed E-state index contributed by atoms with van der Waals surface area (Å²) < 4.78 is 0. The van der Waals surface area contributed by atoms with E-state index < -0.39 is 0 Å². The average molecular weight is 180 g/mol. The largest absolute Gasteiger partial charge is 1.00 e. The smallest absolute Gasteiger partial charge is 0.184 e. The maximum Gasteiger partial charge on any atom is 1.00 e. The second-order valence-electron chi connectivity index (χ2n) is 5.42. The Labute approximate surface area is 99.3 Å². The Morgan fingerprint density at radius 1 is 1.07 bits per heavy atom. The van der Waals surface area contributed by atoms with Crippen LogP contribution in [0, 0.1) is 6.07 Å². The molecular formula is C13H17Li. The van der Waals surface area contributed by atoms with Crippen molar-refractivity contribution in [3.63, 3.8) is 0 Å². The van der Waals surface area contributed by atoms with Crippen molar-refractivity contribution in [2.45, 2.75) is 44.9 Å². The zero-order chi connectivity index (χ0) is 9.69. The molecule has 1 aromatic rings. The van der Waals surface area contributed by atoms with Crippen molar-refractivity contribution >= 4 is 0 Å². The summed E-state index contributed by atoms with van der Waals surface area (Å²) in [6.45, 7) is 9.32. The van der Waals surface area contributed by atoms with Crippen LogP contribution in [-0.2, 0) is 10.8 Å². The fourth-order valence-electron chi connectivity index (χ4n) is 2.88. The molecule has 0 bridgehead atoms. The Morgan fingerprint density at radius 2 is 1.64 bits per heavy atom. The quantitative estimate of drug-likeness (QED) is 0.402. The van der Waals surface area contributed by atoms with Gasteiger partial charge in [0.1, 0.15) is 0 Å². The Hall–Kier alpha value is -0.183. The van der Waals surface area contributed by atoms with Crippen LogP contribution >= 0.6 is 0 Å². The van der Waals surface area contributed by atoms with Gasteiger partial charge >= 0.3 is 18.9 Å². The summed E-state index contributed by atoms with van der Waals surface area (Å²) in [5.41, 5.74) is 3.67. The summed E-state index contributed by atoms with van der Waals surface area (Å²) in [7, 11) is 0. The first-order valence-corrected chi connectivity index (χ1v) is 4.95. The van der Waals surface area contributed by atoms with Crippen molar-refractivity contribution in [3.05, 3.63) is 35.4 Å². The van der Waals surface area contributed by atoms with E-state index in [1.165, 1.54) is 17.5 Å². The van der Waals surface area contributed by atoms with E-state index in [4.69, 9.17) is 0 Å². The molecule has 0 radical (unpaired) electrons. The number of fused-ring (bicyclic) bond motifs is 1. The molecule has 0 N–H and O–H groups in total. The van der Waals surface area contributed by atoms with Crippen LogP contribution in [0.4, 0.5) is 0 Å². The SMILES string of the molecule is CC1(C)CC(C)(C)c2cc[c-]cc21.[Li+]. The third-order valence-electron chi connectivity index (χ3n) is 3.21. The molecule has 0 amide bonds. The summed E-state index contributed by atoms with van der Waals surface area (Å²) >= 11 is 0. The molecule has 0 saturated carbocycles. The van der Waals surface area contributed by atoms with E-state index in [1.807, 2.05) is 6.07 Å². The second kappa shape index (κ2) is 3.44. The molecule has 1 aliphatic carbocycles. The number of rotatable bonds is 0. The van der Waals surface area contributed by atoms with Gasteiger partial charge in [0, 0.05) is 0 Å². The molecule has 0 aliphatic heterocycles. The molecule has 2 rings (SSSR count). The van der Waals surface area contributed by atoms with Gasteiger partial charge in [-0.2, -0.15) is 24.3 Å². The molecule has 0 nitrogen and oxygen atoms in total. The van der Waals surface area contributed by atoms with Crippen LogP contribution in [0.1, 0.15) is 45.2 Å². The summed E-state index contributed by atoms with van der Waals surface area (Å²) in [4.78, 5) is 0. The zero-order valence-corrected chi connectivity index (χ0v) is 9.94. The van der Waals surface area contributed by atoms with Crippen molar-refractivity contribution in [1.82, 2.24) is 0 Å². The van der Waals surface area contributed by atoms with Gasteiger partial charge in [0.15, 0.2) is 0 Å². The van der Waals surface area contributed by atoms with Gasteiger partial charge in [0.2, 0.25) is 0 Å². The summed E-state index contributed by atoms with van der Waals surface area (Å²) in [6.07, 6.45) is 1.24. The topological polar surface area (TPSA) is 0 Å². The monoisotopic (exact) mass is 180 g/mol. The molecule has 14 heavy (non-hydrogen) atoms. The fourth-order valence-corrected chi connectivity index (χ4v) is 2.88. The van der Waals surface area contributed by atoms with Crippen molar-refractivity contribution in [2.75, 3.05) is 0 Å². The minimum Gasteiger partial charge on any atom is -0.184 e. The Kier molecular flexibility index (Phi) is 2.92. The van der Waals surface area contributed by atoms with Crippen LogP contribution in [0.2, 0.25) is 0 Å². The first kappa shape index (κ1) is 11.9. The molecule has 0 atom stereocenters. The van der Waals surface area contributed by atoms with Crippen molar-refractivity contribution in [3.8, 4) is 0 Å². The predicted octanol–water partition coefficient (Wildman–Crippen LogP) is 0.450. The van der Waals surface area contributed by atoms with Gasteiger partial charge < -0.3 is 0 Å². The Balaban J connectivity index is 0.000000980. The van der Waals surface area contributed by atoms with E-state index in [2.05, 4.69) is 45.9 Å². The van der Waals surface area contributed by atoms with E-state index in [9.17, 15) is 0 Å². The minimum atomic E-state index is 0. The molecule has 0 fully saturated rings. The van der Waals surface area contributed by atoms with Crippen molar-refractivity contribution < 1.29 is 18.9 Å². The molecule has 0 heterocycles. The molecule has 0 spiro atoms. The molecule has 0 saturated heterocycles. The molecule has 0 aromatic heterocycles. The molecule has 1 aliphatic rings. The summed E-state index contributed by atoms with van der Waals surface area (Å²) in [5.74, 6) is 0. The van der Waals surface area contributed by atoms with Crippen molar-refractivity contribution in [1.29, 1.82) is 0 Å². The zero-order valence-electron chi connectivity index (χ0n) is 9.94. The van der Waals surface area contributed by atoms with E-state index in [0.717, 1.165) is 0 Å². The normalized spacial score (nSPS) is 21.1. The maximum atomic E-state index is 3.19. The van der Waals surface area contributed by atoms with Crippen LogP contribution in [0.3, 0.4) is 0 Å². The summed E-state index contributed by atoms with van der Waals surface area (Å²) in [5, 5.41) is 0.